The van der Waals surface area contributed by atoms with Crippen LogP contribution in [0.4, 0.5) is 0 Å². The van der Waals surface area contributed by atoms with Gasteiger partial charge in [0.1, 0.15) is 6.23 Å². The molecule has 1 unspecified atom stereocenters. The fourth-order valence-electron chi connectivity index (χ4n) is 0. The molecular weight excluding hydrogens is 106 g/mol. The van der Waals surface area contributed by atoms with E-state index >= 15 is 0 Å². The van der Waals surface area contributed by atoms with Gasteiger partial charge in [0.05, 0.1) is 0 Å². The molecule has 0 aromatic rings. The molecule has 0 aromatic carbocycles. The van der Waals surface area contributed by atoms with E-state index in [4.69, 9.17) is 10.2 Å². The molecule has 0 aliphatic rings. The van der Waals surface area contributed by atoms with E-state index in [0.29, 0.717) is 0 Å². The summed E-state index contributed by atoms with van der Waals surface area (Å²) in [6.07, 6.45) is -0.366. The van der Waals surface area contributed by atoms with Crippen LogP contribution in [0.15, 0.2) is 0 Å². The van der Waals surface area contributed by atoms with Crippen LogP contribution in [-0.4, -0.2) is 30.1 Å². The highest BCUT2D eigenvalue weighted by molar-refractivity contribution is 4.28. The Kier molecular flexibility index (Phi) is 13.5. The molecular formula is C5H15NO2. The standard InChI is InChI=1S/C3H9NO.C2H6O/c1-3(5)4-2;1-2-3/h3-5H,1-2H3;3H,2H2,1H3. The Morgan fingerprint density at radius 2 is 1.75 bits per heavy atom. The molecule has 0 aromatic heterocycles. The molecule has 1 atom stereocenters. The maximum absolute atomic E-state index is 8.25. The Labute approximate surface area is 50.3 Å². The minimum absolute atomic E-state index is 0.250. The predicted molar refractivity (Wildman–Crippen MR) is 33.5 cm³/mol. The normalized spacial score (nSPS) is 11.6. The zero-order valence-corrected chi connectivity index (χ0v) is 5.68. The maximum Gasteiger partial charge on any atom is 0.101 e. The van der Waals surface area contributed by atoms with E-state index in [1.807, 2.05) is 0 Å². The van der Waals surface area contributed by atoms with Gasteiger partial charge in [0.25, 0.3) is 0 Å². The molecule has 0 bridgehead atoms. The van der Waals surface area contributed by atoms with Crippen LogP contribution in [0.1, 0.15) is 13.8 Å². The van der Waals surface area contributed by atoms with Crippen LogP contribution in [0.3, 0.4) is 0 Å². The van der Waals surface area contributed by atoms with Crippen LogP contribution in [0.5, 0.6) is 0 Å². The Balaban J connectivity index is 0. The average molecular weight is 121 g/mol. The minimum Gasteiger partial charge on any atom is -0.397 e. The molecule has 0 spiro atoms. The monoisotopic (exact) mass is 121 g/mol. The summed E-state index contributed by atoms with van der Waals surface area (Å²) in [4.78, 5) is 0. The smallest absolute Gasteiger partial charge is 0.101 e. The van der Waals surface area contributed by atoms with E-state index in [1.54, 1.807) is 20.9 Å². The molecule has 8 heavy (non-hydrogen) atoms. The summed E-state index contributed by atoms with van der Waals surface area (Å²) in [6, 6.07) is 0. The maximum atomic E-state index is 8.25. The highest BCUT2D eigenvalue weighted by atomic mass is 16.3. The lowest BCUT2D eigenvalue weighted by Crippen LogP contribution is -2.19. The third kappa shape index (κ3) is 39.6. The van der Waals surface area contributed by atoms with Gasteiger partial charge in [0, 0.05) is 6.61 Å². The van der Waals surface area contributed by atoms with Crippen molar-refractivity contribution in [2.75, 3.05) is 13.7 Å². The van der Waals surface area contributed by atoms with Gasteiger partial charge in [-0.3, -0.25) is 5.32 Å². The van der Waals surface area contributed by atoms with Crippen molar-refractivity contribution in [3.05, 3.63) is 0 Å². The van der Waals surface area contributed by atoms with Crippen molar-refractivity contribution >= 4 is 0 Å². The second kappa shape index (κ2) is 9.99. The van der Waals surface area contributed by atoms with Crippen molar-refractivity contribution < 1.29 is 10.2 Å². The van der Waals surface area contributed by atoms with Gasteiger partial charge in [-0.1, -0.05) is 0 Å². The fraction of sp³-hybridized carbons (Fsp3) is 1.00. The summed E-state index contributed by atoms with van der Waals surface area (Å²) in [7, 11) is 1.70. The van der Waals surface area contributed by atoms with Gasteiger partial charge in [0.15, 0.2) is 0 Å². The van der Waals surface area contributed by atoms with Crippen LogP contribution < -0.4 is 5.32 Å². The molecule has 0 saturated heterocycles. The van der Waals surface area contributed by atoms with Gasteiger partial charge in [0.2, 0.25) is 0 Å². The number of rotatable bonds is 1. The van der Waals surface area contributed by atoms with Crippen LogP contribution in [0, 0.1) is 0 Å². The fourth-order valence-corrected chi connectivity index (χ4v) is 0. The van der Waals surface area contributed by atoms with Gasteiger partial charge in [-0.2, -0.15) is 0 Å². The highest BCUT2D eigenvalue weighted by Gasteiger charge is 1.78. The molecule has 0 aliphatic heterocycles. The first-order valence-corrected chi connectivity index (χ1v) is 2.65. The molecule has 0 fully saturated rings. The second-order valence-corrected chi connectivity index (χ2v) is 1.28. The molecule has 3 heteroatoms. The summed E-state index contributed by atoms with van der Waals surface area (Å²) >= 11 is 0. The summed E-state index contributed by atoms with van der Waals surface area (Å²) in [5.74, 6) is 0. The zero-order chi connectivity index (χ0) is 6.99. The molecule has 0 rings (SSSR count). The first kappa shape index (κ1) is 10.8. The Hall–Kier alpha value is -0.120. The lowest BCUT2D eigenvalue weighted by atomic mass is 10.7. The Morgan fingerprint density at radius 1 is 1.62 bits per heavy atom. The second-order valence-electron chi connectivity index (χ2n) is 1.28. The number of hydrogen-bond acceptors (Lipinski definition) is 3. The van der Waals surface area contributed by atoms with Crippen LogP contribution in [0.2, 0.25) is 0 Å². The molecule has 0 radical (unpaired) electrons. The number of aliphatic hydroxyl groups is 2. The van der Waals surface area contributed by atoms with Crippen molar-refractivity contribution in [1.82, 2.24) is 5.32 Å². The molecule has 52 valence electrons. The van der Waals surface area contributed by atoms with E-state index in [2.05, 4.69) is 5.32 Å². The topological polar surface area (TPSA) is 52.5 Å². The van der Waals surface area contributed by atoms with Crippen molar-refractivity contribution in [1.29, 1.82) is 0 Å². The van der Waals surface area contributed by atoms with E-state index in [9.17, 15) is 0 Å². The van der Waals surface area contributed by atoms with Crippen LogP contribution in [-0.2, 0) is 0 Å². The van der Waals surface area contributed by atoms with Gasteiger partial charge in [-0.25, -0.2) is 0 Å². The molecule has 3 N–H and O–H groups in total. The highest BCUT2D eigenvalue weighted by Crippen LogP contribution is 1.59. The first-order valence-electron chi connectivity index (χ1n) is 2.65. The molecule has 3 nitrogen and oxygen atoms in total. The largest absolute Gasteiger partial charge is 0.397 e. The van der Waals surface area contributed by atoms with E-state index < -0.39 is 0 Å². The van der Waals surface area contributed by atoms with E-state index in [1.165, 1.54) is 0 Å². The Morgan fingerprint density at radius 3 is 1.75 bits per heavy atom. The third-order valence-electron chi connectivity index (χ3n) is 0.418. The van der Waals surface area contributed by atoms with Gasteiger partial charge in [-0.15, -0.1) is 0 Å². The van der Waals surface area contributed by atoms with Gasteiger partial charge < -0.3 is 10.2 Å². The molecule has 0 heterocycles. The lowest BCUT2D eigenvalue weighted by Gasteiger charge is -1.94. The van der Waals surface area contributed by atoms with E-state index in [0.717, 1.165) is 0 Å². The average Bonchev–Trinajstić information content (AvgIpc) is 1.69. The predicted octanol–water partition coefficient (Wildman–Crippen LogP) is -0.457. The van der Waals surface area contributed by atoms with E-state index in [-0.39, 0.29) is 12.8 Å². The molecule has 0 saturated carbocycles. The third-order valence-corrected chi connectivity index (χ3v) is 0.418. The number of hydrogen-bond donors (Lipinski definition) is 3. The molecule has 0 amide bonds. The first-order chi connectivity index (χ1) is 3.68. The van der Waals surface area contributed by atoms with Crippen molar-refractivity contribution in [3.8, 4) is 0 Å². The lowest BCUT2D eigenvalue weighted by molar-refractivity contribution is 0.167. The van der Waals surface area contributed by atoms with Crippen molar-refractivity contribution in [2.24, 2.45) is 0 Å². The minimum atomic E-state index is -0.366. The zero-order valence-electron chi connectivity index (χ0n) is 5.68. The summed E-state index contributed by atoms with van der Waals surface area (Å²) in [6.45, 7) is 3.60. The van der Waals surface area contributed by atoms with Crippen molar-refractivity contribution in [3.63, 3.8) is 0 Å². The quantitative estimate of drug-likeness (QED) is 0.412. The summed E-state index contributed by atoms with van der Waals surface area (Å²) in [5.41, 5.74) is 0. The van der Waals surface area contributed by atoms with Crippen LogP contribution in [0.25, 0.3) is 0 Å². The van der Waals surface area contributed by atoms with Gasteiger partial charge in [-0.05, 0) is 20.9 Å². The number of aliphatic hydroxyl groups excluding tert-OH is 2. The van der Waals surface area contributed by atoms with Crippen molar-refractivity contribution in [2.45, 2.75) is 20.1 Å². The summed E-state index contributed by atoms with van der Waals surface area (Å²) in [5, 5.41) is 18.4. The van der Waals surface area contributed by atoms with Crippen LogP contribution >= 0.6 is 0 Å². The number of nitrogens with one attached hydrogen (secondary N) is 1. The Bertz CT molecular complexity index is 31.6. The summed E-state index contributed by atoms with van der Waals surface area (Å²) < 4.78 is 0. The molecule has 0 aliphatic carbocycles. The van der Waals surface area contributed by atoms with Gasteiger partial charge >= 0.3 is 0 Å². The SMILES string of the molecule is CCO.CNC(C)O.